The van der Waals surface area contributed by atoms with Crippen molar-refractivity contribution in [2.45, 2.75) is 11.3 Å². The van der Waals surface area contributed by atoms with E-state index in [9.17, 15) is 4.79 Å². The molecule has 1 amide bonds. The van der Waals surface area contributed by atoms with Crippen molar-refractivity contribution in [1.82, 2.24) is 0 Å². The quantitative estimate of drug-likeness (QED) is 0.612. The summed E-state index contributed by atoms with van der Waals surface area (Å²) < 4.78 is 0. The highest BCUT2D eigenvalue weighted by molar-refractivity contribution is 7.99. The van der Waals surface area contributed by atoms with Gasteiger partial charge in [-0.3, -0.25) is 4.79 Å². The Labute approximate surface area is 137 Å². The predicted molar refractivity (Wildman–Crippen MR) is 91.3 cm³/mol. The standard InChI is InChI=1S/C15H14Cl2N2OS/c16-10-2-1-3-12(8-10)21-7-6-15(20)19-11-4-5-13(17)14(18)9-11/h1-5,8-9H,6-7,18H2,(H,19,20). The van der Waals surface area contributed by atoms with E-state index in [1.165, 1.54) is 0 Å². The lowest BCUT2D eigenvalue weighted by atomic mass is 10.2. The van der Waals surface area contributed by atoms with Crippen LogP contribution < -0.4 is 11.1 Å². The summed E-state index contributed by atoms with van der Waals surface area (Å²) in [6, 6.07) is 12.6. The molecule has 0 aliphatic carbocycles. The second-order valence-corrected chi connectivity index (χ2v) is 6.35. The molecule has 2 aromatic carbocycles. The van der Waals surface area contributed by atoms with Crippen molar-refractivity contribution in [1.29, 1.82) is 0 Å². The number of thioether (sulfide) groups is 1. The van der Waals surface area contributed by atoms with Crippen LogP contribution in [0, 0.1) is 0 Å². The number of carbonyl (C=O) groups excluding carboxylic acids is 1. The highest BCUT2D eigenvalue weighted by Gasteiger charge is 2.05. The molecule has 21 heavy (non-hydrogen) atoms. The molecule has 0 aromatic heterocycles. The maximum Gasteiger partial charge on any atom is 0.225 e. The monoisotopic (exact) mass is 340 g/mol. The van der Waals surface area contributed by atoms with Crippen molar-refractivity contribution in [3.63, 3.8) is 0 Å². The Balaban J connectivity index is 1.81. The summed E-state index contributed by atoms with van der Waals surface area (Å²) >= 11 is 13.3. The highest BCUT2D eigenvalue weighted by atomic mass is 35.5. The average Bonchev–Trinajstić information content (AvgIpc) is 2.43. The summed E-state index contributed by atoms with van der Waals surface area (Å²) in [5.41, 5.74) is 6.78. The van der Waals surface area contributed by atoms with Gasteiger partial charge in [-0.15, -0.1) is 11.8 Å². The molecule has 0 aliphatic heterocycles. The highest BCUT2D eigenvalue weighted by Crippen LogP contribution is 2.24. The van der Waals surface area contributed by atoms with Gasteiger partial charge in [-0.2, -0.15) is 0 Å². The van der Waals surface area contributed by atoms with Crippen molar-refractivity contribution in [2.24, 2.45) is 0 Å². The molecular formula is C15H14Cl2N2OS. The van der Waals surface area contributed by atoms with Crippen LogP contribution in [-0.2, 0) is 4.79 Å². The van der Waals surface area contributed by atoms with Gasteiger partial charge in [0, 0.05) is 27.8 Å². The molecule has 0 saturated heterocycles. The lowest BCUT2D eigenvalue weighted by Crippen LogP contribution is -2.12. The van der Waals surface area contributed by atoms with Gasteiger partial charge in [0.05, 0.1) is 10.7 Å². The SMILES string of the molecule is Nc1cc(NC(=O)CCSc2cccc(Cl)c2)ccc1Cl. The third-order valence-corrected chi connectivity index (χ3v) is 4.25. The first kappa shape index (κ1) is 16.0. The number of carbonyl (C=O) groups is 1. The molecule has 110 valence electrons. The van der Waals surface area contributed by atoms with Crippen molar-refractivity contribution in [2.75, 3.05) is 16.8 Å². The molecular weight excluding hydrogens is 327 g/mol. The zero-order valence-electron chi connectivity index (χ0n) is 11.1. The van der Waals surface area contributed by atoms with Crippen molar-refractivity contribution in [3.05, 3.63) is 52.5 Å². The summed E-state index contributed by atoms with van der Waals surface area (Å²) in [5.74, 6) is 0.612. The normalized spacial score (nSPS) is 10.4. The number of amides is 1. The molecule has 0 aliphatic rings. The number of nitrogen functional groups attached to an aromatic ring is 1. The van der Waals surface area contributed by atoms with Crippen molar-refractivity contribution >= 4 is 52.2 Å². The lowest BCUT2D eigenvalue weighted by Gasteiger charge is -2.07. The van der Waals surface area contributed by atoms with Crippen LogP contribution in [-0.4, -0.2) is 11.7 Å². The lowest BCUT2D eigenvalue weighted by molar-refractivity contribution is -0.115. The first-order chi connectivity index (χ1) is 10.0. The maximum atomic E-state index is 11.8. The molecule has 0 spiro atoms. The molecule has 0 saturated carbocycles. The Morgan fingerprint density at radius 3 is 2.71 bits per heavy atom. The number of nitrogens with one attached hydrogen (secondary N) is 1. The van der Waals surface area contributed by atoms with Crippen LogP contribution in [0.5, 0.6) is 0 Å². The molecule has 3 N–H and O–H groups in total. The van der Waals surface area contributed by atoms with E-state index in [0.717, 1.165) is 4.90 Å². The van der Waals surface area contributed by atoms with Crippen LogP contribution in [0.4, 0.5) is 11.4 Å². The number of halogens is 2. The van der Waals surface area contributed by atoms with Crippen LogP contribution in [0.2, 0.25) is 10.0 Å². The van der Waals surface area contributed by atoms with Gasteiger partial charge in [-0.05, 0) is 36.4 Å². The summed E-state index contributed by atoms with van der Waals surface area (Å²) in [6.45, 7) is 0. The van der Waals surface area contributed by atoms with Crippen molar-refractivity contribution in [3.8, 4) is 0 Å². The van der Waals surface area contributed by atoms with Crippen LogP contribution in [0.3, 0.4) is 0 Å². The largest absolute Gasteiger partial charge is 0.397 e. The van der Waals surface area contributed by atoms with Crippen LogP contribution in [0.25, 0.3) is 0 Å². The number of rotatable bonds is 5. The first-order valence-electron chi connectivity index (χ1n) is 6.28. The number of benzene rings is 2. The van der Waals surface area contributed by atoms with Crippen LogP contribution >= 0.6 is 35.0 Å². The number of hydrogen-bond donors (Lipinski definition) is 2. The van der Waals surface area contributed by atoms with E-state index in [0.29, 0.717) is 33.6 Å². The molecule has 6 heteroatoms. The summed E-state index contributed by atoms with van der Waals surface area (Å²) in [4.78, 5) is 12.9. The average molecular weight is 341 g/mol. The van der Waals surface area contributed by atoms with Crippen LogP contribution in [0.1, 0.15) is 6.42 Å². The number of anilines is 2. The predicted octanol–water partition coefficient (Wildman–Crippen LogP) is 4.70. The van der Waals surface area contributed by atoms with Gasteiger partial charge in [0.15, 0.2) is 0 Å². The summed E-state index contributed by atoms with van der Waals surface area (Å²) in [6.07, 6.45) is 0.402. The van der Waals surface area contributed by atoms with E-state index >= 15 is 0 Å². The molecule has 0 bridgehead atoms. The fourth-order valence-electron chi connectivity index (χ4n) is 1.66. The second kappa shape index (κ2) is 7.59. The van der Waals surface area contributed by atoms with E-state index in [1.54, 1.807) is 30.0 Å². The third-order valence-electron chi connectivity index (χ3n) is 2.67. The minimum absolute atomic E-state index is 0.0637. The summed E-state index contributed by atoms with van der Waals surface area (Å²) in [7, 11) is 0. The maximum absolute atomic E-state index is 11.8. The molecule has 0 radical (unpaired) electrons. The van der Waals surface area contributed by atoms with E-state index in [2.05, 4.69) is 5.32 Å². The fraction of sp³-hybridized carbons (Fsp3) is 0.133. The molecule has 0 unspecified atom stereocenters. The Kier molecular flexibility index (Phi) is 5.79. The zero-order chi connectivity index (χ0) is 15.2. The Bertz CT molecular complexity index is 649. The van der Waals surface area contributed by atoms with Gasteiger partial charge in [0.25, 0.3) is 0 Å². The topological polar surface area (TPSA) is 55.1 Å². The Morgan fingerprint density at radius 1 is 1.19 bits per heavy atom. The molecule has 0 atom stereocenters. The van der Waals surface area contributed by atoms with Gasteiger partial charge >= 0.3 is 0 Å². The minimum Gasteiger partial charge on any atom is -0.397 e. The summed E-state index contributed by atoms with van der Waals surface area (Å²) in [5, 5.41) is 3.96. The zero-order valence-corrected chi connectivity index (χ0v) is 13.4. The van der Waals surface area contributed by atoms with Crippen molar-refractivity contribution < 1.29 is 4.79 Å². The Morgan fingerprint density at radius 2 is 2.00 bits per heavy atom. The number of hydrogen-bond acceptors (Lipinski definition) is 3. The van der Waals surface area contributed by atoms with E-state index in [1.807, 2.05) is 24.3 Å². The van der Waals surface area contributed by atoms with Gasteiger partial charge in [-0.1, -0.05) is 29.3 Å². The van der Waals surface area contributed by atoms with E-state index in [4.69, 9.17) is 28.9 Å². The molecule has 3 nitrogen and oxygen atoms in total. The molecule has 0 fully saturated rings. The smallest absolute Gasteiger partial charge is 0.225 e. The molecule has 0 heterocycles. The Hall–Kier alpha value is -1.36. The minimum atomic E-state index is -0.0637. The fourth-order valence-corrected chi connectivity index (χ4v) is 2.94. The first-order valence-corrected chi connectivity index (χ1v) is 8.02. The van der Waals surface area contributed by atoms with Crippen LogP contribution in [0.15, 0.2) is 47.4 Å². The van der Waals surface area contributed by atoms with Gasteiger partial charge in [-0.25, -0.2) is 0 Å². The molecule has 2 aromatic rings. The van der Waals surface area contributed by atoms with Gasteiger partial charge < -0.3 is 11.1 Å². The number of nitrogens with two attached hydrogens (primary N) is 1. The third kappa shape index (κ3) is 5.16. The molecule has 2 rings (SSSR count). The van der Waals surface area contributed by atoms with E-state index in [-0.39, 0.29) is 5.91 Å². The second-order valence-electron chi connectivity index (χ2n) is 4.34. The van der Waals surface area contributed by atoms with E-state index < -0.39 is 0 Å². The van der Waals surface area contributed by atoms with Gasteiger partial charge in [0.2, 0.25) is 5.91 Å². The van der Waals surface area contributed by atoms with Gasteiger partial charge in [0.1, 0.15) is 0 Å².